The lowest BCUT2D eigenvalue weighted by Gasteiger charge is -2.06. The van der Waals surface area contributed by atoms with Gasteiger partial charge in [-0.2, -0.15) is 0 Å². The van der Waals surface area contributed by atoms with Crippen LogP contribution < -0.4 is 9.86 Å². The number of aliphatic carboxylic acids is 1. The fraction of sp³-hybridized carbons (Fsp3) is 0.364. The molecule has 0 aliphatic carbocycles. The van der Waals surface area contributed by atoms with E-state index in [1.54, 1.807) is 0 Å². The van der Waals surface area contributed by atoms with Crippen LogP contribution in [0.4, 0.5) is 0 Å². The highest BCUT2D eigenvalue weighted by Gasteiger charge is 2.12. The minimum absolute atomic E-state index is 0.0136. The van der Waals surface area contributed by atoms with Crippen molar-refractivity contribution in [3.8, 4) is 0 Å². The van der Waals surface area contributed by atoms with Gasteiger partial charge in [0.1, 0.15) is 0 Å². The first-order valence-corrected chi connectivity index (χ1v) is 9.11. The molecule has 0 aliphatic heterocycles. The summed E-state index contributed by atoms with van der Waals surface area (Å²) in [5, 5.41) is 13.4. The van der Waals surface area contributed by atoms with E-state index in [0.29, 0.717) is 5.56 Å². The number of carboxylic acids is 1. The summed E-state index contributed by atoms with van der Waals surface area (Å²) < 4.78 is 47.6. The Kier molecular flexibility index (Phi) is 5.84. The van der Waals surface area contributed by atoms with Crippen LogP contribution in [0.1, 0.15) is 18.4 Å². The quantitative estimate of drug-likeness (QED) is 0.590. The second-order valence-corrected chi connectivity index (χ2v) is 7.81. The van der Waals surface area contributed by atoms with Gasteiger partial charge in [0.15, 0.2) is 0 Å². The predicted molar refractivity (Wildman–Crippen MR) is 75.3 cm³/mol. The van der Waals surface area contributed by atoms with Crippen LogP contribution in [0.15, 0.2) is 29.2 Å². The number of benzene rings is 1. The molecule has 21 heavy (non-hydrogen) atoms. The van der Waals surface area contributed by atoms with Gasteiger partial charge < -0.3 is 5.11 Å². The average Bonchev–Trinajstić information content (AvgIpc) is 2.35. The van der Waals surface area contributed by atoms with Crippen molar-refractivity contribution in [2.24, 2.45) is 5.14 Å². The summed E-state index contributed by atoms with van der Waals surface area (Å²) in [6, 6.07) is 5.45. The number of carbonyl (C=O) groups is 1. The summed E-state index contributed by atoms with van der Waals surface area (Å²) in [5.74, 6) is -1.34. The van der Waals surface area contributed by atoms with E-state index >= 15 is 0 Å². The lowest BCUT2D eigenvalue weighted by Crippen LogP contribution is -2.26. The van der Waals surface area contributed by atoms with Crippen molar-refractivity contribution in [1.82, 2.24) is 4.72 Å². The number of primary sulfonamides is 1. The summed E-state index contributed by atoms with van der Waals surface area (Å²) in [6.07, 6.45) is -0.195. The van der Waals surface area contributed by atoms with E-state index in [4.69, 9.17) is 10.2 Å². The SMILES string of the molecule is NS(=O)(=O)c1ccc(CNS(=O)(=O)CCCC(=O)O)cc1. The maximum absolute atomic E-state index is 11.6. The molecule has 0 aliphatic rings. The zero-order chi connectivity index (χ0) is 16.1. The Morgan fingerprint density at radius 2 is 1.71 bits per heavy atom. The molecule has 0 heterocycles. The second kappa shape index (κ2) is 6.98. The van der Waals surface area contributed by atoms with Crippen LogP contribution in [-0.2, 0) is 31.4 Å². The molecule has 10 heteroatoms. The molecule has 8 nitrogen and oxygen atoms in total. The molecule has 1 aromatic carbocycles. The number of nitrogens with one attached hydrogen (secondary N) is 1. The molecule has 0 amide bonds. The third kappa shape index (κ3) is 6.67. The van der Waals surface area contributed by atoms with Crippen LogP contribution in [-0.4, -0.2) is 33.7 Å². The van der Waals surface area contributed by atoms with Gasteiger partial charge in [0.05, 0.1) is 10.6 Å². The maximum Gasteiger partial charge on any atom is 0.303 e. The minimum Gasteiger partial charge on any atom is -0.481 e. The zero-order valence-electron chi connectivity index (χ0n) is 11.0. The second-order valence-electron chi connectivity index (χ2n) is 4.33. The number of hydrogen-bond acceptors (Lipinski definition) is 5. The van der Waals surface area contributed by atoms with Gasteiger partial charge in [-0.25, -0.2) is 26.7 Å². The molecule has 1 rings (SSSR count). The van der Waals surface area contributed by atoms with Crippen molar-refractivity contribution in [3.05, 3.63) is 29.8 Å². The fourth-order valence-corrected chi connectivity index (χ4v) is 3.05. The normalized spacial score (nSPS) is 12.2. The highest BCUT2D eigenvalue weighted by atomic mass is 32.2. The smallest absolute Gasteiger partial charge is 0.303 e. The molecule has 0 atom stereocenters. The first kappa shape index (κ1) is 17.6. The number of rotatable bonds is 8. The van der Waals surface area contributed by atoms with Crippen molar-refractivity contribution in [1.29, 1.82) is 0 Å². The van der Waals surface area contributed by atoms with E-state index in [1.807, 2.05) is 0 Å². The van der Waals surface area contributed by atoms with E-state index in [1.165, 1.54) is 24.3 Å². The summed E-state index contributed by atoms with van der Waals surface area (Å²) >= 11 is 0. The summed E-state index contributed by atoms with van der Waals surface area (Å²) in [5.41, 5.74) is 0.559. The van der Waals surface area contributed by atoms with Gasteiger partial charge in [0.2, 0.25) is 20.0 Å². The Hall–Kier alpha value is -1.49. The molecular weight excluding hydrogens is 320 g/mol. The number of nitrogens with two attached hydrogens (primary N) is 1. The van der Waals surface area contributed by atoms with Crippen LogP contribution in [0.3, 0.4) is 0 Å². The van der Waals surface area contributed by atoms with E-state index in [9.17, 15) is 21.6 Å². The molecular formula is C11H16N2O6S2. The monoisotopic (exact) mass is 336 g/mol. The van der Waals surface area contributed by atoms with Crippen LogP contribution in [0.2, 0.25) is 0 Å². The highest BCUT2D eigenvalue weighted by Crippen LogP contribution is 2.09. The number of sulfonamides is 2. The van der Waals surface area contributed by atoms with Crippen LogP contribution >= 0.6 is 0 Å². The van der Waals surface area contributed by atoms with Crippen molar-refractivity contribution in [2.75, 3.05) is 5.75 Å². The van der Waals surface area contributed by atoms with Crippen molar-refractivity contribution in [3.63, 3.8) is 0 Å². The van der Waals surface area contributed by atoms with E-state index in [-0.39, 0.29) is 30.0 Å². The molecule has 4 N–H and O–H groups in total. The number of hydrogen-bond donors (Lipinski definition) is 3. The molecule has 118 valence electrons. The molecule has 0 spiro atoms. The Morgan fingerprint density at radius 3 is 2.19 bits per heavy atom. The lowest BCUT2D eigenvalue weighted by atomic mass is 10.2. The largest absolute Gasteiger partial charge is 0.481 e. The topological polar surface area (TPSA) is 144 Å². The summed E-state index contributed by atoms with van der Waals surface area (Å²) in [6.45, 7) is -0.0136. The first-order valence-electron chi connectivity index (χ1n) is 5.91. The van der Waals surface area contributed by atoms with Crippen molar-refractivity contribution >= 4 is 26.0 Å². The zero-order valence-corrected chi connectivity index (χ0v) is 12.7. The molecule has 0 saturated carbocycles. The molecule has 0 aromatic heterocycles. The summed E-state index contributed by atoms with van der Waals surface area (Å²) in [7, 11) is -7.35. The maximum atomic E-state index is 11.6. The average molecular weight is 336 g/mol. The standard InChI is InChI=1S/C11H16N2O6S2/c12-21(18,19)10-5-3-9(4-6-10)8-13-20(16,17)7-1-2-11(14)15/h3-6,13H,1-2,7-8H2,(H,14,15)(H2,12,18,19). The Balaban J connectivity index is 2.57. The van der Waals surface area contributed by atoms with Crippen molar-refractivity contribution < 1.29 is 26.7 Å². The van der Waals surface area contributed by atoms with Crippen molar-refractivity contribution in [2.45, 2.75) is 24.3 Å². The Labute approximate surface area is 123 Å². The Morgan fingerprint density at radius 1 is 1.14 bits per heavy atom. The van der Waals surface area contributed by atoms with Gasteiger partial charge in [0, 0.05) is 13.0 Å². The van der Waals surface area contributed by atoms with Crippen LogP contribution in [0.5, 0.6) is 0 Å². The minimum atomic E-state index is -3.78. The van der Waals surface area contributed by atoms with Gasteiger partial charge in [-0.05, 0) is 24.1 Å². The van der Waals surface area contributed by atoms with Crippen LogP contribution in [0, 0.1) is 0 Å². The molecule has 0 bridgehead atoms. The van der Waals surface area contributed by atoms with Gasteiger partial charge in [0.25, 0.3) is 0 Å². The first-order chi connectivity index (χ1) is 9.60. The van der Waals surface area contributed by atoms with E-state index < -0.39 is 26.0 Å². The molecule has 0 fully saturated rings. The third-order valence-corrected chi connectivity index (χ3v) is 4.89. The molecule has 0 saturated heterocycles. The third-order valence-electron chi connectivity index (χ3n) is 2.55. The fourth-order valence-electron chi connectivity index (χ4n) is 1.48. The van der Waals surface area contributed by atoms with Crippen LogP contribution in [0.25, 0.3) is 0 Å². The molecule has 0 unspecified atom stereocenters. The van der Waals surface area contributed by atoms with Gasteiger partial charge in [-0.1, -0.05) is 12.1 Å². The van der Waals surface area contributed by atoms with Gasteiger partial charge in [-0.15, -0.1) is 0 Å². The molecule has 0 radical (unpaired) electrons. The van der Waals surface area contributed by atoms with Gasteiger partial charge >= 0.3 is 5.97 Å². The Bertz CT molecular complexity index is 695. The van der Waals surface area contributed by atoms with E-state index in [0.717, 1.165) is 0 Å². The molecule has 1 aromatic rings. The number of carboxylic acid groups (broad SMARTS) is 1. The van der Waals surface area contributed by atoms with E-state index in [2.05, 4.69) is 4.72 Å². The predicted octanol–water partition coefficient (Wildman–Crippen LogP) is -0.382. The summed E-state index contributed by atoms with van der Waals surface area (Å²) in [4.78, 5) is 10.2. The van der Waals surface area contributed by atoms with Gasteiger partial charge in [-0.3, -0.25) is 4.79 Å². The lowest BCUT2D eigenvalue weighted by molar-refractivity contribution is -0.137. The highest BCUT2D eigenvalue weighted by molar-refractivity contribution is 7.89.